The van der Waals surface area contributed by atoms with Crippen molar-refractivity contribution in [2.75, 3.05) is 45.6 Å². The molecule has 0 bridgehead atoms. The number of carbonyl (C=O) groups excluding carboxylic acids is 1. The molecular weight excluding hydrogens is 332 g/mol. The van der Waals surface area contributed by atoms with Crippen LogP contribution in [0.4, 0.5) is 5.82 Å². The summed E-state index contributed by atoms with van der Waals surface area (Å²) in [4.78, 5) is 21.0. The molecule has 1 amide bonds. The Morgan fingerprint density at radius 1 is 1.33 bits per heavy atom. The molecule has 118 valence electrons. The summed E-state index contributed by atoms with van der Waals surface area (Å²) in [6, 6.07) is 1.84. The number of halogens is 1. The number of carbonyl (C=O) groups is 1. The lowest BCUT2D eigenvalue weighted by Gasteiger charge is -2.23. The van der Waals surface area contributed by atoms with Gasteiger partial charge < -0.3 is 15.1 Å². The van der Waals surface area contributed by atoms with Crippen LogP contribution < -0.4 is 5.32 Å². The van der Waals surface area contributed by atoms with Crippen molar-refractivity contribution in [2.45, 2.75) is 20.3 Å². The lowest BCUT2D eigenvalue weighted by molar-refractivity contribution is 0.0760. The molecule has 1 N–H and O–H groups in total. The Morgan fingerprint density at radius 3 is 2.62 bits per heavy atom. The first-order valence-corrected chi connectivity index (χ1v) is 8.12. The van der Waals surface area contributed by atoms with E-state index in [0.717, 1.165) is 30.5 Å². The van der Waals surface area contributed by atoms with Gasteiger partial charge in [0.05, 0.1) is 5.56 Å². The number of nitrogens with zero attached hydrogens (tertiary/aromatic N) is 3. The molecule has 0 saturated carbocycles. The molecule has 0 saturated heterocycles. The quantitative estimate of drug-likeness (QED) is 0.777. The van der Waals surface area contributed by atoms with Crippen molar-refractivity contribution in [1.29, 1.82) is 0 Å². The van der Waals surface area contributed by atoms with Crippen molar-refractivity contribution >= 4 is 27.7 Å². The minimum atomic E-state index is 0.0287. The predicted molar refractivity (Wildman–Crippen MR) is 90.8 cm³/mol. The number of anilines is 1. The van der Waals surface area contributed by atoms with Crippen molar-refractivity contribution in [3.05, 3.63) is 22.3 Å². The molecule has 0 spiro atoms. The number of pyridine rings is 1. The van der Waals surface area contributed by atoms with Gasteiger partial charge in [0.25, 0.3) is 5.91 Å². The Hall–Kier alpha value is -1.14. The van der Waals surface area contributed by atoms with Gasteiger partial charge in [-0.2, -0.15) is 0 Å². The summed E-state index contributed by atoms with van der Waals surface area (Å²) in [5.41, 5.74) is 0.623. The van der Waals surface area contributed by atoms with E-state index in [1.165, 1.54) is 0 Å². The highest BCUT2D eigenvalue weighted by atomic mass is 79.9. The van der Waals surface area contributed by atoms with Crippen LogP contribution in [0.5, 0.6) is 0 Å². The fraction of sp³-hybridized carbons (Fsp3) is 0.600. The summed E-state index contributed by atoms with van der Waals surface area (Å²) < 4.78 is 0.817. The molecule has 0 aliphatic heterocycles. The SMILES string of the molecule is CCNc1ncc(Br)cc1C(=O)N(CC)CCCN(C)C. The van der Waals surface area contributed by atoms with Gasteiger partial charge in [-0.25, -0.2) is 4.98 Å². The maximum absolute atomic E-state index is 12.7. The topological polar surface area (TPSA) is 48.5 Å². The summed E-state index contributed by atoms with van der Waals surface area (Å²) in [6.45, 7) is 7.16. The summed E-state index contributed by atoms with van der Waals surface area (Å²) in [5.74, 6) is 0.678. The molecule has 1 heterocycles. The number of nitrogens with one attached hydrogen (secondary N) is 1. The Bertz CT molecular complexity index is 465. The van der Waals surface area contributed by atoms with Crippen LogP contribution >= 0.6 is 15.9 Å². The Balaban J connectivity index is 2.85. The normalized spacial score (nSPS) is 10.8. The molecule has 6 heteroatoms. The van der Waals surface area contributed by atoms with Crippen LogP contribution in [-0.4, -0.2) is 61.0 Å². The maximum Gasteiger partial charge on any atom is 0.257 e. The average Bonchev–Trinajstić information content (AvgIpc) is 2.45. The highest BCUT2D eigenvalue weighted by Crippen LogP contribution is 2.20. The lowest BCUT2D eigenvalue weighted by atomic mass is 10.2. The maximum atomic E-state index is 12.7. The first-order valence-electron chi connectivity index (χ1n) is 7.33. The molecule has 0 aromatic carbocycles. The van der Waals surface area contributed by atoms with Gasteiger partial charge >= 0.3 is 0 Å². The third kappa shape index (κ3) is 5.63. The number of aromatic nitrogens is 1. The largest absolute Gasteiger partial charge is 0.370 e. The van der Waals surface area contributed by atoms with Gasteiger partial charge in [0, 0.05) is 30.3 Å². The fourth-order valence-corrected chi connectivity index (χ4v) is 2.39. The minimum Gasteiger partial charge on any atom is -0.370 e. The van der Waals surface area contributed by atoms with Crippen molar-refractivity contribution in [1.82, 2.24) is 14.8 Å². The standard InChI is InChI=1S/C15H25BrN4O/c1-5-17-14-13(10-12(16)11-18-14)15(21)20(6-2)9-7-8-19(3)4/h10-11H,5-9H2,1-4H3,(H,17,18). The van der Waals surface area contributed by atoms with Gasteiger partial charge in [0.2, 0.25) is 0 Å². The van der Waals surface area contributed by atoms with Crippen LogP contribution in [0.25, 0.3) is 0 Å². The number of amides is 1. The first-order chi connectivity index (χ1) is 9.99. The van der Waals surface area contributed by atoms with E-state index in [-0.39, 0.29) is 5.91 Å². The van der Waals surface area contributed by atoms with E-state index in [1.807, 2.05) is 38.9 Å². The second-order valence-electron chi connectivity index (χ2n) is 5.12. The van der Waals surface area contributed by atoms with E-state index >= 15 is 0 Å². The molecule has 0 fully saturated rings. The highest BCUT2D eigenvalue weighted by Gasteiger charge is 2.18. The number of hydrogen-bond acceptors (Lipinski definition) is 4. The lowest BCUT2D eigenvalue weighted by Crippen LogP contribution is -2.34. The average molecular weight is 357 g/mol. The monoisotopic (exact) mass is 356 g/mol. The summed E-state index contributed by atoms with van der Waals surface area (Å²) >= 11 is 3.39. The first kappa shape index (κ1) is 17.9. The van der Waals surface area contributed by atoms with Gasteiger partial charge in [-0.15, -0.1) is 0 Å². The number of rotatable bonds is 8. The molecular formula is C15H25BrN4O. The molecule has 0 unspecified atom stereocenters. The molecule has 0 atom stereocenters. The van der Waals surface area contributed by atoms with Crippen LogP contribution in [0.2, 0.25) is 0 Å². The molecule has 21 heavy (non-hydrogen) atoms. The predicted octanol–water partition coefficient (Wildman–Crippen LogP) is 2.69. The van der Waals surface area contributed by atoms with Gasteiger partial charge in [0.1, 0.15) is 5.82 Å². The molecule has 0 radical (unpaired) electrons. The van der Waals surface area contributed by atoms with E-state index in [9.17, 15) is 4.79 Å². The molecule has 0 aliphatic rings. The molecule has 1 aromatic heterocycles. The van der Waals surface area contributed by atoms with E-state index < -0.39 is 0 Å². The Kier molecular flexibility index (Phi) is 7.67. The zero-order valence-electron chi connectivity index (χ0n) is 13.3. The van der Waals surface area contributed by atoms with E-state index in [2.05, 4.69) is 31.1 Å². The van der Waals surface area contributed by atoms with Crippen molar-refractivity contribution in [2.24, 2.45) is 0 Å². The smallest absolute Gasteiger partial charge is 0.257 e. The Labute approximate surface area is 135 Å². The van der Waals surface area contributed by atoms with E-state index in [4.69, 9.17) is 0 Å². The molecule has 1 aromatic rings. The van der Waals surface area contributed by atoms with Crippen LogP contribution in [0, 0.1) is 0 Å². The third-order valence-electron chi connectivity index (χ3n) is 3.13. The van der Waals surface area contributed by atoms with Crippen LogP contribution in [-0.2, 0) is 0 Å². The fourth-order valence-electron chi connectivity index (χ4n) is 2.06. The molecule has 0 aliphatic carbocycles. The van der Waals surface area contributed by atoms with Crippen molar-refractivity contribution in [3.8, 4) is 0 Å². The Morgan fingerprint density at radius 2 is 2.05 bits per heavy atom. The van der Waals surface area contributed by atoms with Crippen LogP contribution in [0.3, 0.4) is 0 Å². The van der Waals surface area contributed by atoms with Crippen LogP contribution in [0.1, 0.15) is 30.6 Å². The zero-order valence-corrected chi connectivity index (χ0v) is 14.9. The van der Waals surface area contributed by atoms with Gasteiger partial charge in [-0.1, -0.05) is 0 Å². The second-order valence-corrected chi connectivity index (χ2v) is 6.04. The summed E-state index contributed by atoms with van der Waals surface area (Å²) in [7, 11) is 4.08. The van der Waals surface area contributed by atoms with Crippen LogP contribution in [0.15, 0.2) is 16.7 Å². The number of hydrogen-bond donors (Lipinski definition) is 1. The van der Waals surface area contributed by atoms with Crippen molar-refractivity contribution in [3.63, 3.8) is 0 Å². The zero-order chi connectivity index (χ0) is 15.8. The molecule has 5 nitrogen and oxygen atoms in total. The van der Waals surface area contributed by atoms with Gasteiger partial charge in [0.15, 0.2) is 0 Å². The van der Waals surface area contributed by atoms with Gasteiger partial charge in [-0.3, -0.25) is 4.79 Å². The van der Waals surface area contributed by atoms with Crippen molar-refractivity contribution < 1.29 is 4.79 Å². The summed E-state index contributed by atoms with van der Waals surface area (Å²) in [5, 5.41) is 3.15. The van der Waals surface area contributed by atoms with E-state index in [0.29, 0.717) is 17.9 Å². The summed E-state index contributed by atoms with van der Waals surface area (Å²) in [6.07, 6.45) is 2.67. The van der Waals surface area contributed by atoms with Gasteiger partial charge in [-0.05, 0) is 62.9 Å². The third-order valence-corrected chi connectivity index (χ3v) is 3.56. The highest BCUT2D eigenvalue weighted by molar-refractivity contribution is 9.10. The minimum absolute atomic E-state index is 0.0287. The van der Waals surface area contributed by atoms with E-state index in [1.54, 1.807) is 6.20 Å². The molecule has 1 rings (SSSR count). The second kappa shape index (κ2) is 9.00.